The van der Waals surface area contributed by atoms with Crippen molar-refractivity contribution in [2.75, 3.05) is 26.5 Å². The molecule has 0 heterocycles. The normalized spacial score (nSPS) is 11.2. The quantitative estimate of drug-likeness (QED) is 0.430. The van der Waals surface area contributed by atoms with Gasteiger partial charge in [0.25, 0.3) is 0 Å². The van der Waals surface area contributed by atoms with E-state index in [4.69, 9.17) is 4.74 Å². The lowest BCUT2D eigenvalue weighted by Crippen LogP contribution is -2.37. The van der Waals surface area contributed by atoms with Gasteiger partial charge < -0.3 is 15.4 Å². The molecule has 2 aromatic carbocycles. The molecule has 0 saturated carbocycles. The van der Waals surface area contributed by atoms with Gasteiger partial charge >= 0.3 is 0 Å². The van der Waals surface area contributed by atoms with E-state index in [-0.39, 0.29) is 5.82 Å². The SMILES string of the molecule is CN=C(NCCSCc1ccccc1F)NCc1ccc(OC)cc1. The van der Waals surface area contributed by atoms with Gasteiger partial charge in [-0.2, -0.15) is 11.8 Å². The Hall–Kier alpha value is -2.21. The van der Waals surface area contributed by atoms with Crippen LogP contribution < -0.4 is 15.4 Å². The van der Waals surface area contributed by atoms with Gasteiger partial charge in [-0.1, -0.05) is 30.3 Å². The summed E-state index contributed by atoms with van der Waals surface area (Å²) >= 11 is 1.69. The summed E-state index contributed by atoms with van der Waals surface area (Å²) in [6.07, 6.45) is 0. The number of benzene rings is 2. The Bertz CT molecular complexity index is 677. The van der Waals surface area contributed by atoms with E-state index < -0.39 is 0 Å². The second kappa shape index (κ2) is 10.6. The van der Waals surface area contributed by atoms with Crippen molar-refractivity contribution in [3.63, 3.8) is 0 Å². The van der Waals surface area contributed by atoms with E-state index in [0.29, 0.717) is 12.3 Å². The smallest absolute Gasteiger partial charge is 0.191 e. The van der Waals surface area contributed by atoms with Crippen molar-refractivity contribution in [1.29, 1.82) is 0 Å². The van der Waals surface area contributed by atoms with Gasteiger partial charge in [0.15, 0.2) is 5.96 Å². The largest absolute Gasteiger partial charge is 0.497 e. The highest BCUT2D eigenvalue weighted by molar-refractivity contribution is 7.98. The molecule has 4 nitrogen and oxygen atoms in total. The van der Waals surface area contributed by atoms with Crippen molar-refractivity contribution in [3.05, 3.63) is 65.5 Å². The van der Waals surface area contributed by atoms with Crippen LogP contribution in [0.3, 0.4) is 0 Å². The molecule has 2 aromatic rings. The molecule has 0 unspecified atom stereocenters. The molecule has 0 aliphatic heterocycles. The maximum Gasteiger partial charge on any atom is 0.191 e. The van der Waals surface area contributed by atoms with Gasteiger partial charge in [0.05, 0.1) is 7.11 Å². The molecule has 0 saturated heterocycles. The van der Waals surface area contributed by atoms with Crippen LogP contribution in [-0.4, -0.2) is 32.4 Å². The number of aliphatic imine (C=N–C) groups is 1. The van der Waals surface area contributed by atoms with Crippen LogP contribution in [0, 0.1) is 5.82 Å². The molecule has 0 amide bonds. The first-order valence-electron chi connectivity index (χ1n) is 8.11. The lowest BCUT2D eigenvalue weighted by molar-refractivity contribution is 0.414. The standard InChI is InChI=1S/C19H24FN3OS/c1-21-19(23-13-15-7-9-17(24-2)10-8-15)22-11-12-25-14-16-5-3-4-6-18(16)20/h3-10H,11-14H2,1-2H3,(H2,21,22,23). The Morgan fingerprint density at radius 3 is 2.56 bits per heavy atom. The fraction of sp³-hybridized carbons (Fsp3) is 0.316. The number of guanidine groups is 1. The second-order valence-electron chi connectivity index (χ2n) is 5.34. The molecule has 0 aliphatic carbocycles. The van der Waals surface area contributed by atoms with E-state index in [2.05, 4.69) is 15.6 Å². The van der Waals surface area contributed by atoms with Crippen LogP contribution >= 0.6 is 11.8 Å². The molecule has 0 atom stereocenters. The number of thioether (sulfide) groups is 1. The molecule has 0 bridgehead atoms. The Labute approximate surface area is 152 Å². The number of nitrogens with one attached hydrogen (secondary N) is 2. The van der Waals surface area contributed by atoms with Gasteiger partial charge in [-0.3, -0.25) is 4.99 Å². The first-order valence-corrected chi connectivity index (χ1v) is 9.27. The van der Waals surface area contributed by atoms with E-state index in [9.17, 15) is 4.39 Å². The molecule has 0 fully saturated rings. The highest BCUT2D eigenvalue weighted by Gasteiger charge is 2.02. The molecule has 25 heavy (non-hydrogen) atoms. The third-order valence-electron chi connectivity index (χ3n) is 3.60. The zero-order valence-corrected chi connectivity index (χ0v) is 15.4. The van der Waals surface area contributed by atoms with Crippen molar-refractivity contribution in [2.45, 2.75) is 12.3 Å². The van der Waals surface area contributed by atoms with Gasteiger partial charge in [0, 0.05) is 31.6 Å². The molecule has 2 rings (SSSR count). The van der Waals surface area contributed by atoms with E-state index >= 15 is 0 Å². The first kappa shape index (κ1) is 19.1. The minimum absolute atomic E-state index is 0.139. The summed E-state index contributed by atoms with van der Waals surface area (Å²) in [5, 5.41) is 6.53. The lowest BCUT2D eigenvalue weighted by Gasteiger charge is -2.12. The number of methoxy groups -OCH3 is 1. The van der Waals surface area contributed by atoms with Crippen LogP contribution in [0.1, 0.15) is 11.1 Å². The van der Waals surface area contributed by atoms with Gasteiger partial charge in [-0.25, -0.2) is 4.39 Å². The predicted octanol–water partition coefficient (Wildman–Crippen LogP) is 3.43. The van der Waals surface area contributed by atoms with Crippen molar-refractivity contribution in [2.24, 2.45) is 4.99 Å². The monoisotopic (exact) mass is 361 g/mol. The Kier molecular flexibility index (Phi) is 8.12. The van der Waals surface area contributed by atoms with E-state index in [1.165, 1.54) is 6.07 Å². The average molecular weight is 361 g/mol. The van der Waals surface area contributed by atoms with Crippen molar-refractivity contribution in [1.82, 2.24) is 10.6 Å². The molecule has 2 N–H and O–H groups in total. The molecule has 0 spiro atoms. The Morgan fingerprint density at radius 1 is 1.12 bits per heavy atom. The van der Waals surface area contributed by atoms with E-state index in [0.717, 1.165) is 35.1 Å². The van der Waals surface area contributed by atoms with Crippen molar-refractivity contribution < 1.29 is 9.13 Å². The zero-order valence-electron chi connectivity index (χ0n) is 14.6. The maximum atomic E-state index is 13.5. The number of ether oxygens (including phenoxy) is 1. The summed E-state index contributed by atoms with van der Waals surface area (Å²) in [6, 6.07) is 14.8. The van der Waals surface area contributed by atoms with Gasteiger partial charge in [-0.05, 0) is 29.3 Å². The van der Waals surface area contributed by atoms with Gasteiger partial charge in [-0.15, -0.1) is 0 Å². The summed E-state index contributed by atoms with van der Waals surface area (Å²) in [6.45, 7) is 1.45. The maximum absolute atomic E-state index is 13.5. The molecular weight excluding hydrogens is 337 g/mol. The van der Waals surface area contributed by atoms with Gasteiger partial charge in [0.1, 0.15) is 11.6 Å². The summed E-state index contributed by atoms with van der Waals surface area (Å²) in [7, 11) is 3.40. The average Bonchev–Trinajstić information content (AvgIpc) is 2.65. The van der Waals surface area contributed by atoms with Crippen LogP contribution in [0.4, 0.5) is 4.39 Å². The molecular formula is C19H24FN3OS. The Balaban J connectivity index is 1.65. The summed E-state index contributed by atoms with van der Waals surface area (Å²) in [5.41, 5.74) is 1.90. The van der Waals surface area contributed by atoms with Crippen LogP contribution in [0.15, 0.2) is 53.5 Å². The summed E-state index contributed by atoms with van der Waals surface area (Å²) in [4.78, 5) is 4.21. The fourth-order valence-corrected chi connectivity index (χ4v) is 3.03. The van der Waals surface area contributed by atoms with E-state index in [1.54, 1.807) is 32.0 Å². The highest BCUT2D eigenvalue weighted by atomic mass is 32.2. The third-order valence-corrected chi connectivity index (χ3v) is 4.60. The fourth-order valence-electron chi connectivity index (χ4n) is 2.19. The summed E-state index contributed by atoms with van der Waals surface area (Å²) in [5.74, 6) is 3.00. The summed E-state index contributed by atoms with van der Waals surface area (Å²) < 4.78 is 18.7. The molecule has 0 aliphatic rings. The molecule has 0 radical (unpaired) electrons. The topological polar surface area (TPSA) is 45.7 Å². The van der Waals surface area contributed by atoms with Crippen LogP contribution in [0.5, 0.6) is 5.75 Å². The molecule has 6 heteroatoms. The minimum atomic E-state index is -0.139. The van der Waals surface area contributed by atoms with E-state index in [1.807, 2.05) is 36.4 Å². The van der Waals surface area contributed by atoms with Crippen molar-refractivity contribution >= 4 is 17.7 Å². The van der Waals surface area contributed by atoms with Crippen molar-refractivity contribution in [3.8, 4) is 5.75 Å². The minimum Gasteiger partial charge on any atom is -0.497 e. The number of rotatable bonds is 8. The van der Waals surface area contributed by atoms with Gasteiger partial charge in [0.2, 0.25) is 0 Å². The van der Waals surface area contributed by atoms with Crippen LogP contribution in [-0.2, 0) is 12.3 Å². The lowest BCUT2D eigenvalue weighted by atomic mass is 10.2. The molecule has 0 aromatic heterocycles. The number of hydrogen-bond acceptors (Lipinski definition) is 3. The van der Waals surface area contributed by atoms with Crippen LogP contribution in [0.25, 0.3) is 0 Å². The molecule has 134 valence electrons. The predicted molar refractivity (Wildman–Crippen MR) is 104 cm³/mol. The number of halogens is 1. The highest BCUT2D eigenvalue weighted by Crippen LogP contribution is 2.14. The zero-order chi connectivity index (χ0) is 17.9. The first-order chi connectivity index (χ1) is 12.2. The Morgan fingerprint density at radius 2 is 1.88 bits per heavy atom. The number of hydrogen-bond donors (Lipinski definition) is 2. The third kappa shape index (κ3) is 6.66. The van der Waals surface area contributed by atoms with Crippen LogP contribution in [0.2, 0.25) is 0 Å². The number of nitrogens with zero attached hydrogens (tertiary/aromatic N) is 1. The second-order valence-corrected chi connectivity index (χ2v) is 6.45.